The van der Waals surface area contributed by atoms with E-state index < -0.39 is 0 Å². The maximum Gasteiger partial charge on any atom is 0.311 e. The molecule has 0 radical (unpaired) electrons. The number of carbonyl (C=O) groups is 3. The SMILES string of the molecule is COC(=O)Cc1csc(NC(=O)C2CCC(=O)NC2)n1. The molecule has 0 bridgehead atoms. The lowest BCUT2D eigenvalue weighted by Gasteiger charge is -2.20. The fraction of sp³-hybridized carbons (Fsp3) is 0.500. The van der Waals surface area contributed by atoms with Gasteiger partial charge in [-0.15, -0.1) is 11.3 Å². The monoisotopic (exact) mass is 297 g/mol. The molecule has 0 aliphatic carbocycles. The third-order valence-electron chi connectivity index (χ3n) is 2.97. The van der Waals surface area contributed by atoms with Crippen molar-refractivity contribution in [3.63, 3.8) is 0 Å². The second-order valence-corrected chi connectivity index (χ2v) is 5.28. The lowest BCUT2D eigenvalue weighted by molar-refractivity contribution is -0.139. The van der Waals surface area contributed by atoms with Crippen molar-refractivity contribution in [2.45, 2.75) is 19.3 Å². The summed E-state index contributed by atoms with van der Waals surface area (Å²) in [5.74, 6) is -0.795. The normalized spacial score (nSPS) is 18.2. The highest BCUT2D eigenvalue weighted by Crippen LogP contribution is 2.19. The zero-order valence-corrected chi connectivity index (χ0v) is 11.8. The van der Waals surface area contributed by atoms with Crippen molar-refractivity contribution in [1.82, 2.24) is 10.3 Å². The number of carbonyl (C=O) groups excluding carboxylic acids is 3. The van der Waals surface area contributed by atoms with Crippen LogP contribution in [0.15, 0.2) is 5.38 Å². The van der Waals surface area contributed by atoms with E-state index in [1.54, 1.807) is 5.38 Å². The summed E-state index contributed by atoms with van der Waals surface area (Å²) in [4.78, 5) is 38.3. The van der Waals surface area contributed by atoms with Gasteiger partial charge in [0.25, 0.3) is 0 Å². The summed E-state index contributed by atoms with van der Waals surface area (Å²) in [7, 11) is 1.31. The first-order valence-corrected chi connectivity index (χ1v) is 7.05. The third-order valence-corrected chi connectivity index (χ3v) is 3.78. The van der Waals surface area contributed by atoms with Crippen LogP contribution >= 0.6 is 11.3 Å². The Morgan fingerprint density at radius 1 is 1.60 bits per heavy atom. The molecule has 1 aliphatic rings. The van der Waals surface area contributed by atoms with Crippen LogP contribution in [0.3, 0.4) is 0 Å². The van der Waals surface area contributed by atoms with Gasteiger partial charge in [-0.25, -0.2) is 4.98 Å². The molecule has 0 saturated carbocycles. The largest absolute Gasteiger partial charge is 0.469 e. The van der Waals surface area contributed by atoms with Crippen LogP contribution in [-0.4, -0.2) is 36.4 Å². The Balaban J connectivity index is 1.88. The molecule has 1 atom stereocenters. The predicted octanol–water partition coefficient (Wildman–Crippen LogP) is 0.323. The minimum absolute atomic E-state index is 0.0244. The zero-order valence-electron chi connectivity index (χ0n) is 11.0. The number of rotatable bonds is 4. The lowest BCUT2D eigenvalue weighted by atomic mass is 9.98. The van der Waals surface area contributed by atoms with Gasteiger partial charge in [0.2, 0.25) is 11.8 Å². The van der Waals surface area contributed by atoms with Crippen molar-refractivity contribution in [1.29, 1.82) is 0 Å². The van der Waals surface area contributed by atoms with Gasteiger partial charge < -0.3 is 15.4 Å². The molecule has 8 heteroatoms. The summed E-state index contributed by atoms with van der Waals surface area (Å²) in [6.07, 6.45) is 0.990. The number of nitrogens with one attached hydrogen (secondary N) is 2. The summed E-state index contributed by atoms with van der Waals surface area (Å²) >= 11 is 1.26. The summed E-state index contributed by atoms with van der Waals surface area (Å²) in [5.41, 5.74) is 0.564. The van der Waals surface area contributed by atoms with E-state index in [-0.39, 0.29) is 30.1 Å². The Morgan fingerprint density at radius 2 is 2.40 bits per heavy atom. The molecule has 2 rings (SSSR count). The van der Waals surface area contributed by atoms with E-state index in [9.17, 15) is 14.4 Å². The molecule has 2 amide bonds. The van der Waals surface area contributed by atoms with Crippen LogP contribution in [0, 0.1) is 5.92 Å². The average molecular weight is 297 g/mol. The number of esters is 1. The van der Waals surface area contributed by atoms with Gasteiger partial charge in [-0.05, 0) is 6.42 Å². The highest BCUT2D eigenvalue weighted by atomic mass is 32.1. The van der Waals surface area contributed by atoms with Crippen molar-refractivity contribution in [2.24, 2.45) is 5.92 Å². The van der Waals surface area contributed by atoms with Crippen LogP contribution < -0.4 is 10.6 Å². The van der Waals surface area contributed by atoms with Gasteiger partial charge in [-0.3, -0.25) is 14.4 Å². The maximum atomic E-state index is 12.0. The standard InChI is InChI=1S/C12H15N3O4S/c1-19-10(17)4-8-6-20-12(14-8)15-11(18)7-2-3-9(16)13-5-7/h6-7H,2-5H2,1H3,(H,13,16)(H,14,15,18). The van der Waals surface area contributed by atoms with Crippen molar-refractivity contribution >= 4 is 34.3 Å². The van der Waals surface area contributed by atoms with E-state index in [2.05, 4.69) is 20.4 Å². The molecule has 1 aromatic heterocycles. The zero-order chi connectivity index (χ0) is 14.5. The Hall–Kier alpha value is -1.96. The van der Waals surface area contributed by atoms with Gasteiger partial charge in [0.05, 0.1) is 25.1 Å². The minimum Gasteiger partial charge on any atom is -0.469 e. The van der Waals surface area contributed by atoms with Crippen molar-refractivity contribution in [3.8, 4) is 0 Å². The van der Waals surface area contributed by atoms with E-state index in [0.29, 0.717) is 30.2 Å². The van der Waals surface area contributed by atoms with Crippen LogP contribution in [0.5, 0.6) is 0 Å². The van der Waals surface area contributed by atoms with Crippen LogP contribution in [0.25, 0.3) is 0 Å². The highest BCUT2D eigenvalue weighted by Gasteiger charge is 2.25. The molecule has 2 heterocycles. The van der Waals surface area contributed by atoms with Crippen molar-refractivity contribution in [3.05, 3.63) is 11.1 Å². The van der Waals surface area contributed by atoms with Gasteiger partial charge >= 0.3 is 5.97 Å². The third kappa shape index (κ3) is 3.77. The first-order chi connectivity index (χ1) is 9.58. The van der Waals surface area contributed by atoms with Gasteiger partial charge in [0.1, 0.15) is 0 Å². The molecule has 1 fully saturated rings. The number of methoxy groups -OCH3 is 1. The van der Waals surface area contributed by atoms with Crippen LogP contribution in [0.1, 0.15) is 18.5 Å². The Morgan fingerprint density at radius 3 is 3.05 bits per heavy atom. The molecule has 20 heavy (non-hydrogen) atoms. The number of thiazole rings is 1. The van der Waals surface area contributed by atoms with Crippen LogP contribution in [-0.2, 0) is 25.5 Å². The topological polar surface area (TPSA) is 97.4 Å². The van der Waals surface area contributed by atoms with E-state index in [4.69, 9.17) is 0 Å². The Labute approximate surface area is 119 Å². The number of hydrogen-bond acceptors (Lipinski definition) is 6. The number of hydrogen-bond donors (Lipinski definition) is 2. The smallest absolute Gasteiger partial charge is 0.311 e. The number of amides is 2. The number of nitrogens with zero attached hydrogens (tertiary/aromatic N) is 1. The molecule has 0 aromatic carbocycles. The second kappa shape index (κ2) is 6.47. The van der Waals surface area contributed by atoms with E-state index >= 15 is 0 Å². The van der Waals surface area contributed by atoms with Crippen molar-refractivity contribution in [2.75, 3.05) is 19.0 Å². The van der Waals surface area contributed by atoms with E-state index in [1.165, 1.54) is 18.4 Å². The fourth-order valence-electron chi connectivity index (χ4n) is 1.83. The highest BCUT2D eigenvalue weighted by molar-refractivity contribution is 7.13. The first kappa shape index (κ1) is 14.4. The van der Waals surface area contributed by atoms with Crippen LogP contribution in [0.4, 0.5) is 5.13 Å². The predicted molar refractivity (Wildman–Crippen MR) is 72.2 cm³/mol. The number of anilines is 1. The summed E-state index contributed by atoms with van der Waals surface area (Å²) in [6, 6.07) is 0. The molecule has 1 saturated heterocycles. The molecular formula is C12H15N3O4S. The average Bonchev–Trinajstić information content (AvgIpc) is 2.86. The molecule has 1 aliphatic heterocycles. The number of aromatic nitrogens is 1. The quantitative estimate of drug-likeness (QED) is 0.780. The first-order valence-electron chi connectivity index (χ1n) is 6.17. The molecule has 2 N–H and O–H groups in total. The molecular weight excluding hydrogens is 282 g/mol. The number of piperidine rings is 1. The second-order valence-electron chi connectivity index (χ2n) is 4.43. The van der Waals surface area contributed by atoms with Gasteiger partial charge in [0.15, 0.2) is 5.13 Å². The van der Waals surface area contributed by atoms with Gasteiger partial charge in [0, 0.05) is 18.3 Å². The molecule has 7 nitrogen and oxygen atoms in total. The van der Waals surface area contributed by atoms with Crippen LogP contribution in [0.2, 0.25) is 0 Å². The van der Waals surface area contributed by atoms with Gasteiger partial charge in [-0.1, -0.05) is 0 Å². The van der Waals surface area contributed by atoms with E-state index in [1.807, 2.05) is 0 Å². The molecule has 0 spiro atoms. The van der Waals surface area contributed by atoms with Gasteiger partial charge in [-0.2, -0.15) is 0 Å². The maximum absolute atomic E-state index is 12.0. The fourth-order valence-corrected chi connectivity index (χ4v) is 2.54. The lowest BCUT2D eigenvalue weighted by Crippen LogP contribution is -2.40. The number of ether oxygens (including phenoxy) is 1. The summed E-state index contributed by atoms with van der Waals surface area (Å²) < 4.78 is 4.55. The summed E-state index contributed by atoms with van der Waals surface area (Å²) in [6.45, 7) is 0.352. The van der Waals surface area contributed by atoms with Crippen molar-refractivity contribution < 1.29 is 19.1 Å². The Kier molecular flexibility index (Phi) is 4.67. The van der Waals surface area contributed by atoms with E-state index in [0.717, 1.165) is 0 Å². The summed E-state index contributed by atoms with van der Waals surface area (Å²) in [5, 5.41) is 7.52. The molecule has 108 valence electrons. The Bertz CT molecular complexity index is 519. The molecule has 1 unspecified atom stereocenters. The molecule has 1 aromatic rings. The minimum atomic E-state index is -0.372.